The minimum absolute atomic E-state index is 0.240. The standard InChI is InChI=1S/C19H16ClNO5/c1-25-12-8-14-11(7-17(22)23)10-21(18(14)16(9-12)26-2)19(24)13-5-3-4-6-15(13)20/h3-6,8-10H,7H2,1-2H3,(H,22,23). The van der Waals surface area contributed by atoms with Gasteiger partial charge in [-0.3, -0.25) is 14.2 Å². The van der Waals surface area contributed by atoms with Crippen LogP contribution in [-0.4, -0.2) is 35.8 Å². The van der Waals surface area contributed by atoms with Gasteiger partial charge in [0.1, 0.15) is 11.5 Å². The first-order valence-corrected chi connectivity index (χ1v) is 8.11. The van der Waals surface area contributed by atoms with Crippen LogP contribution in [0.25, 0.3) is 10.9 Å². The van der Waals surface area contributed by atoms with Crippen LogP contribution >= 0.6 is 11.6 Å². The molecule has 0 aliphatic rings. The molecule has 26 heavy (non-hydrogen) atoms. The number of carbonyl (C=O) groups excluding carboxylic acids is 1. The number of carboxylic acid groups (broad SMARTS) is 1. The summed E-state index contributed by atoms with van der Waals surface area (Å²) in [5.74, 6) is -0.475. The number of rotatable bonds is 5. The van der Waals surface area contributed by atoms with Gasteiger partial charge in [0.05, 0.1) is 36.7 Å². The van der Waals surface area contributed by atoms with E-state index in [1.54, 1.807) is 36.4 Å². The molecule has 3 rings (SSSR count). The fourth-order valence-corrected chi connectivity index (χ4v) is 3.08. The Balaban J connectivity index is 2.29. The highest BCUT2D eigenvalue weighted by molar-refractivity contribution is 6.34. The predicted octanol–water partition coefficient (Wildman–Crippen LogP) is 3.63. The summed E-state index contributed by atoms with van der Waals surface area (Å²) >= 11 is 6.15. The topological polar surface area (TPSA) is 77.8 Å². The zero-order chi connectivity index (χ0) is 18.8. The molecule has 0 aliphatic heterocycles. The summed E-state index contributed by atoms with van der Waals surface area (Å²) in [7, 11) is 2.98. The average molecular weight is 374 g/mol. The van der Waals surface area contributed by atoms with E-state index in [0.717, 1.165) is 0 Å². The van der Waals surface area contributed by atoms with Crippen molar-refractivity contribution in [1.82, 2.24) is 4.57 Å². The molecule has 0 saturated carbocycles. The number of hydrogen-bond donors (Lipinski definition) is 1. The summed E-state index contributed by atoms with van der Waals surface area (Å²) < 4.78 is 12.0. The van der Waals surface area contributed by atoms with E-state index in [0.29, 0.717) is 38.6 Å². The van der Waals surface area contributed by atoms with E-state index in [9.17, 15) is 14.7 Å². The van der Waals surface area contributed by atoms with Crippen LogP contribution in [0.4, 0.5) is 0 Å². The van der Waals surface area contributed by atoms with Crippen molar-refractivity contribution in [3.63, 3.8) is 0 Å². The van der Waals surface area contributed by atoms with Crippen LogP contribution in [0.2, 0.25) is 5.02 Å². The molecule has 1 heterocycles. The van der Waals surface area contributed by atoms with Crippen LogP contribution in [0, 0.1) is 0 Å². The smallest absolute Gasteiger partial charge is 0.307 e. The number of benzene rings is 2. The van der Waals surface area contributed by atoms with Gasteiger partial charge in [-0.25, -0.2) is 0 Å². The first-order valence-electron chi connectivity index (χ1n) is 7.73. The third kappa shape index (κ3) is 3.11. The molecule has 1 aromatic heterocycles. The molecule has 0 aliphatic carbocycles. The van der Waals surface area contributed by atoms with Crippen LogP contribution < -0.4 is 9.47 Å². The molecule has 134 valence electrons. The highest BCUT2D eigenvalue weighted by Gasteiger charge is 2.22. The molecule has 0 amide bonds. The first kappa shape index (κ1) is 17.8. The summed E-state index contributed by atoms with van der Waals surface area (Å²) in [5, 5.41) is 10.1. The van der Waals surface area contributed by atoms with E-state index in [1.165, 1.54) is 25.0 Å². The molecule has 7 heteroatoms. The van der Waals surface area contributed by atoms with E-state index < -0.39 is 5.97 Å². The van der Waals surface area contributed by atoms with E-state index >= 15 is 0 Å². The summed E-state index contributed by atoms with van der Waals surface area (Å²) in [5.41, 5.74) is 1.25. The number of halogens is 1. The van der Waals surface area contributed by atoms with E-state index in [1.807, 2.05) is 0 Å². The fourth-order valence-electron chi connectivity index (χ4n) is 2.87. The second kappa shape index (κ2) is 7.09. The third-order valence-corrected chi connectivity index (χ3v) is 4.37. The minimum atomic E-state index is -1.00. The lowest BCUT2D eigenvalue weighted by Crippen LogP contribution is -2.12. The summed E-state index contributed by atoms with van der Waals surface area (Å²) in [6, 6.07) is 10.0. The maximum atomic E-state index is 13.0. The molecule has 0 radical (unpaired) electrons. The Labute approximate surface area is 154 Å². The maximum Gasteiger partial charge on any atom is 0.307 e. The number of aromatic nitrogens is 1. The van der Waals surface area contributed by atoms with Crippen molar-refractivity contribution in [2.75, 3.05) is 14.2 Å². The van der Waals surface area contributed by atoms with Crippen LogP contribution in [0.15, 0.2) is 42.6 Å². The van der Waals surface area contributed by atoms with Crippen molar-refractivity contribution in [2.45, 2.75) is 6.42 Å². The van der Waals surface area contributed by atoms with Crippen molar-refractivity contribution in [1.29, 1.82) is 0 Å². The molecule has 2 aromatic carbocycles. The van der Waals surface area contributed by atoms with Gasteiger partial charge in [0.2, 0.25) is 0 Å². The van der Waals surface area contributed by atoms with Gasteiger partial charge in [-0.2, -0.15) is 0 Å². The second-order valence-electron chi connectivity index (χ2n) is 5.61. The molecule has 0 fully saturated rings. The number of hydrogen-bond acceptors (Lipinski definition) is 4. The molecular formula is C19H16ClNO5. The molecule has 0 bridgehead atoms. The van der Waals surface area contributed by atoms with Crippen molar-refractivity contribution in [3.8, 4) is 11.5 Å². The number of carboxylic acids is 1. The van der Waals surface area contributed by atoms with Crippen molar-refractivity contribution >= 4 is 34.4 Å². The molecule has 0 spiro atoms. The number of nitrogens with zero attached hydrogens (tertiary/aromatic N) is 1. The van der Waals surface area contributed by atoms with Crippen LogP contribution in [0.5, 0.6) is 11.5 Å². The monoisotopic (exact) mass is 373 g/mol. The zero-order valence-electron chi connectivity index (χ0n) is 14.2. The summed E-state index contributed by atoms with van der Waals surface area (Å²) in [6.07, 6.45) is 1.27. The number of carbonyl (C=O) groups is 2. The summed E-state index contributed by atoms with van der Waals surface area (Å²) in [4.78, 5) is 24.3. The van der Waals surface area contributed by atoms with E-state index in [2.05, 4.69) is 0 Å². The van der Waals surface area contributed by atoms with Crippen LogP contribution in [0.1, 0.15) is 15.9 Å². The summed E-state index contributed by atoms with van der Waals surface area (Å²) in [6.45, 7) is 0. The average Bonchev–Trinajstić information content (AvgIpc) is 2.98. The Kier molecular flexibility index (Phi) is 4.86. The molecule has 0 unspecified atom stereocenters. The SMILES string of the molecule is COc1cc(OC)c2c(c1)c(CC(=O)O)cn2C(=O)c1ccccc1Cl. The van der Waals surface area contributed by atoms with Crippen LogP contribution in [-0.2, 0) is 11.2 Å². The van der Waals surface area contributed by atoms with E-state index in [-0.39, 0.29) is 12.3 Å². The molecule has 0 atom stereocenters. The Morgan fingerprint density at radius 3 is 2.50 bits per heavy atom. The van der Waals surface area contributed by atoms with Crippen molar-refractivity contribution in [3.05, 3.63) is 58.7 Å². The lowest BCUT2D eigenvalue weighted by Gasteiger charge is -2.10. The predicted molar refractivity (Wildman–Crippen MR) is 97.6 cm³/mol. The van der Waals surface area contributed by atoms with Gasteiger partial charge in [0.25, 0.3) is 5.91 Å². The number of aliphatic carboxylic acids is 1. The lowest BCUT2D eigenvalue weighted by atomic mass is 10.1. The maximum absolute atomic E-state index is 13.0. The van der Waals surface area contributed by atoms with Crippen molar-refractivity contribution < 1.29 is 24.2 Å². The molecule has 1 N–H and O–H groups in total. The van der Waals surface area contributed by atoms with Crippen molar-refractivity contribution in [2.24, 2.45) is 0 Å². The highest BCUT2D eigenvalue weighted by Crippen LogP contribution is 2.35. The molecule has 3 aromatic rings. The largest absolute Gasteiger partial charge is 0.497 e. The zero-order valence-corrected chi connectivity index (χ0v) is 14.9. The van der Waals surface area contributed by atoms with Crippen LogP contribution in [0.3, 0.4) is 0 Å². The van der Waals surface area contributed by atoms with Gasteiger partial charge < -0.3 is 14.6 Å². The second-order valence-corrected chi connectivity index (χ2v) is 6.01. The lowest BCUT2D eigenvalue weighted by molar-refractivity contribution is -0.136. The Hall–Kier alpha value is -2.99. The number of methoxy groups -OCH3 is 2. The van der Waals surface area contributed by atoms with Gasteiger partial charge in [-0.1, -0.05) is 23.7 Å². The number of ether oxygens (including phenoxy) is 2. The van der Waals surface area contributed by atoms with Gasteiger partial charge >= 0.3 is 5.97 Å². The third-order valence-electron chi connectivity index (χ3n) is 4.04. The highest BCUT2D eigenvalue weighted by atomic mass is 35.5. The van der Waals surface area contributed by atoms with Gasteiger partial charge in [-0.05, 0) is 23.8 Å². The molecule has 6 nitrogen and oxygen atoms in total. The quantitative estimate of drug-likeness (QED) is 0.739. The normalized spacial score (nSPS) is 10.7. The van der Waals surface area contributed by atoms with E-state index in [4.69, 9.17) is 21.1 Å². The number of fused-ring (bicyclic) bond motifs is 1. The Morgan fingerprint density at radius 1 is 1.15 bits per heavy atom. The Bertz CT molecular complexity index is 1010. The molecule has 0 saturated heterocycles. The fraction of sp³-hybridized carbons (Fsp3) is 0.158. The van der Waals surface area contributed by atoms with Gasteiger partial charge in [0.15, 0.2) is 0 Å². The molecular weight excluding hydrogens is 358 g/mol. The van der Waals surface area contributed by atoms with Gasteiger partial charge in [0, 0.05) is 17.6 Å². The van der Waals surface area contributed by atoms with Gasteiger partial charge in [-0.15, -0.1) is 0 Å². The Morgan fingerprint density at radius 2 is 1.88 bits per heavy atom. The minimum Gasteiger partial charge on any atom is -0.497 e. The first-order chi connectivity index (χ1) is 12.5.